The van der Waals surface area contributed by atoms with Crippen LogP contribution in [0.5, 0.6) is 0 Å². The standard InChI is InChI=1S/C16H24FNO/c1-13-6-5-8-16(17)15(13)9-11-18-10-4-3-7-14(18)12-19-2/h5-6,8,14H,3-4,7,9-12H2,1-2H3/t14-/m0/s1. The molecule has 0 spiro atoms. The van der Waals surface area contributed by atoms with Gasteiger partial charge in [-0.15, -0.1) is 0 Å². The Kier molecular flexibility index (Phi) is 5.34. The molecule has 0 bridgehead atoms. The Morgan fingerprint density at radius 2 is 2.21 bits per heavy atom. The van der Waals surface area contributed by atoms with Gasteiger partial charge in [0.05, 0.1) is 6.61 Å². The number of nitrogens with zero attached hydrogens (tertiary/aromatic N) is 1. The predicted molar refractivity (Wildman–Crippen MR) is 75.9 cm³/mol. The summed E-state index contributed by atoms with van der Waals surface area (Å²) in [4.78, 5) is 2.46. The summed E-state index contributed by atoms with van der Waals surface area (Å²) in [6, 6.07) is 5.83. The van der Waals surface area contributed by atoms with Crippen LogP contribution >= 0.6 is 0 Å². The molecule has 2 rings (SSSR count). The van der Waals surface area contributed by atoms with E-state index in [0.717, 1.165) is 37.2 Å². The number of likely N-dealkylation sites (tertiary alicyclic amines) is 1. The van der Waals surface area contributed by atoms with Crippen molar-refractivity contribution in [1.29, 1.82) is 0 Å². The van der Waals surface area contributed by atoms with Crippen LogP contribution in [0.15, 0.2) is 18.2 Å². The highest BCUT2D eigenvalue weighted by Gasteiger charge is 2.22. The van der Waals surface area contributed by atoms with Crippen molar-refractivity contribution in [3.8, 4) is 0 Å². The molecule has 0 N–H and O–H groups in total. The summed E-state index contributed by atoms with van der Waals surface area (Å²) in [5.41, 5.74) is 1.92. The van der Waals surface area contributed by atoms with E-state index in [2.05, 4.69) is 4.90 Å². The van der Waals surface area contributed by atoms with Gasteiger partial charge in [-0.25, -0.2) is 4.39 Å². The summed E-state index contributed by atoms with van der Waals surface area (Å²) in [6.07, 6.45) is 4.52. The molecule has 0 aromatic heterocycles. The van der Waals surface area contributed by atoms with Gasteiger partial charge in [0.1, 0.15) is 5.82 Å². The first-order chi connectivity index (χ1) is 9.22. The molecule has 1 aliphatic heterocycles. The highest BCUT2D eigenvalue weighted by molar-refractivity contribution is 5.27. The minimum atomic E-state index is -0.0692. The molecule has 0 aliphatic carbocycles. The Bertz CT molecular complexity index is 385. The quantitative estimate of drug-likeness (QED) is 0.811. The lowest BCUT2D eigenvalue weighted by Gasteiger charge is -2.35. The maximum atomic E-state index is 13.8. The van der Waals surface area contributed by atoms with Gasteiger partial charge < -0.3 is 4.74 Å². The normalized spacial score (nSPS) is 20.7. The minimum absolute atomic E-state index is 0.0692. The smallest absolute Gasteiger partial charge is 0.126 e. The average Bonchev–Trinajstić information content (AvgIpc) is 2.40. The second-order valence-corrected chi connectivity index (χ2v) is 5.43. The maximum absolute atomic E-state index is 13.8. The second-order valence-electron chi connectivity index (χ2n) is 5.43. The second kappa shape index (κ2) is 7.01. The summed E-state index contributed by atoms with van der Waals surface area (Å²) < 4.78 is 19.1. The van der Waals surface area contributed by atoms with Crippen LogP contribution in [0.25, 0.3) is 0 Å². The SMILES string of the molecule is COC[C@@H]1CCCCN1CCc1c(C)cccc1F. The van der Waals surface area contributed by atoms with E-state index >= 15 is 0 Å². The van der Waals surface area contributed by atoms with Crippen molar-refractivity contribution in [2.24, 2.45) is 0 Å². The predicted octanol–water partition coefficient (Wildman–Crippen LogP) is 3.18. The molecule has 1 saturated heterocycles. The Morgan fingerprint density at radius 1 is 1.37 bits per heavy atom. The van der Waals surface area contributed by atoms with Crippen molar-refractivity contribution in [2.75, 3.05) is 26.8 Å². The molecule has 1 aromatic carbocycles. The molecule has 2 nitrogen and oxygen atoms in total. The Labute approximate surface area is 115 Å². The average molecular weight is 265 g/mol. The Hall–Kier alpha value is -0.930. The number of rotatable bonds is 5. The van der Waals surface area contributed by atoms with Crippen molar-refractivity contribution in [1.82, 2.24) is 4.90 Å². The number of hydrogen-bond donors (Lipinski definition) is 0. The van der Waals surface area contributed by atoms with Crippen LogP contribution in [0.1, 0.15) is 30.4 Å². The number of halogens is 1. The summed E-state index contributed by atoms with van der Waals surface area (Å²) in [5, 5.41) is 0. The number of benzene rings is 1. The molecule has 0 amide bonds. The maximum Gasteiger partial charge on any atom is 0.126 e. The number of ether oxygens (including phenoxy) is 1. The van der Waals surface area contributed by atoms with Gasteiger partial charge >= 0.3 is 0 Å². The van der Waals surface area contributed by atoms with Crippen molar-refractivity contribution in [2.45, 2.75) is 38.6 Å². The summed E-state index contributed by atoms with van der Waals surface area (Å²) >= 11 is 0. The third kappa shape index (κ3) is 3.77. The van der Waals surface area contributed by atoms with E-state index in [1.165, 1.54) is 19.3 Å². The van der Waals surface area contributed by atoms with Crippen LogP contribution in [0.3, 0.4) is 0 Å². The fraction of sp³-hybridized carbons (Fsp3) is 0.625. The monoisotopic (exact) mass is 265 g/mol. The number of piperidine rings is 1. The third-order valence-electron chi connectivity index (χ3n) is 4.11. The minimum Gasteiger partial charge on any atom is -0.383 e. The first-order valence-electron chi connectivity index (χ1n) is 7.19. The van der Waals surface area contributed by atoms with Gasteiger partial charge in [-0.3, -0.25) is 4.90 Å². The first kappa shape index (κ1) is 14.5. The highest BCUT2D eigenvalue weighted by Crippen LogP contribution is 2.19. The first-order valence-corrected chi connectivity index (χ1v) is 7.19. The lowest BCUT2D eigenvalue weighted by molar-refractivity contribution is 0.0657. The van der Waals surface area contributed by atoms with Crippen LogP contribution < -0.4 is 0 Å². The fourth-order valence-electron chi connectivity index (χ4n) is 2.97. The van der Waals surface area contributed by atoms with Crippen LogP contribution in [0.2, 0.25) is 0 Å². The largest absolute Gasteiger partial charge is 0.383 e. The topological polar surface area (TPSA) is 12.5 Å². The van der Waals surface area contributed by atoms with E-state index < -0.39 is 0 Å². The van der Waals surface area contributed by atoms with Crippen LogP contribution in [-0.2, 0) is 11.2 Å². The lowest BCUT2D eigenvalue weighted by atomic mass is 10.0. The molecule has 0 unspecified atom stereocenters. The van der Waals surface area contributed by atoms with Crippen molar-refractivity contribution in [3.63, 3.8) is 0 Å². The lowest BCUT2D eigenvalue weighted by Crippen LogP contribution is -2.43. The van der Waals surface area contributed by atoms with Gasteiger partial charge in [-0.1, -0.05) is 18.6 Å². The summed E-state index contributed by atoms with van der Waals surface area (Å²) in [7, 11) is 1.76. The van der Waals surface area contributed by atoms with Gasteiger partial charge in [-0.05, 0) is 49.9 Å². The fourth-order valence-corrected chi connectivity index (χ4v) is 2.97. The number of aryl methyl sites for hydroxylation is 1. The molecule has 1 fully saturated rings. The third-order valence-corrected chi connectivity index (χ3v) is 4.11. The van der Waals surface area contributed by atoms with E-state index in [1.54, 1.807) is 19.2 Å². The van der Waals surface area contributed by atoms with Crippen molar-refractivity contribution >= 4 is 0 Å². The molecule has 19 heavy (non-hydrogen) atoms. The molecule has 3 heteroatoms. The van der Waals surface area contributed by atoms with Crippen LogP contribution in [0.4, 0.5) is 4.39 Å². The molecule has 1 aliphatic rings. The van der Waals surface area contributed by atoms with Gasteiger partial charge in [-0.2, -0.15) is 0 Å². The van der Waals surface area contributed by atoms with E-state index in [4.69, 9.17) is 4.74 Å². The molecule has 1 aromatic rings. The summed E-state index contributed by atoms with van der Waals surface area (Å²) in [5.74, 6) is -0.0692. The van der Waals surface area contributed by atoms with Crippen LogP contribution in [0, 0.1) is 12.7 Å². The Morgan fingerprint density at radius 3 is 2.95 bits per heavy atom. The zero-order chi connectivity index (χ0) is 13.7. The van der Waals surface area contributed by atoms with Gasteiger partial charge in [0.25, 0.3) is 0 Å². The zero-order valence-corrected chi connectivity index (χ0v) is 12.0. The summed E-state index contributed by atoms with van der Waals surface area (Å²) in [6.45, 7) is 4.81. The van der Waals surface area contributed by atoms with Crippen molar-refractivity contribution < 1.29 is 9.13 Å². The molecular formula is C16H24FNO. The van der Waals surface area contributed by atoms with Gasteiger partial charge in [0.2, 0.25) is 0 Å². The number of hydrogen-bond acceptors (Lipinski definition) is 2. The van der Waals surface area contributed by atoms with Gasteiger partial charge in [0.15, 0.2) is 0 Å². The molecule has 0 radical (unpaired) electrons. The van der Waals surface area contributed by atoms with E-state index in [-0.39, 0.29) is 5.82 Å². The highest BCUT2D eigenvalue weighted by atomic mass is 19.1. The van der Waals surface area contributed by atoms with Crippen molar-refractivity contribution in [3.05, 3.63) is 35.1 Å². The number of methoxy groups -OCH3 is 1. The molecule has 106 valence electrons. The zero-order valence-electron chi connectivity index (χ0n) is 12.0. The van der Waals surface area contributed by atoms with Gasteiger partial charge in [0, 0.05) is 19.7 Å². The molecule has 0 saturated carbocycles. The Balaban J connectivity index is 1.96. The van der Waals surface area contributed by atoms with E-state index in [9.17, 15) is 4.39 Å². The van der Waals surface area contributed by atoms with Crippen LogP contribution in [-0.4, -0.2) is 37.7 Å². The van der Waals surface area contributed by atoms with E-state index in [0.29, 0.717) is 6.04 Å². The molecular weight excluding hydrogens is 241 g/mol. The molecule has 1 atom stereocenters. The van der Waals surface area contributed by atoms with E-state index in [1.807, 2.05) is 13.0 Å². The molecule has 1 heterocycles.